The van der Waals surface area contributed by atoms with E-state index in [1.165, 1.54) is 11.8 Å². The Hall–Kier alpha value is -2.51. The summed E-state index contributed by atoms with van der Waals surface area (Å²) in [4.78, 5) is 14.9. The molecule has 4 rings (SSSR count). The number of thioether (sulfide) groups is 1. The van der Waals surface area contributed by atoms with Crippen LogP contribution < -0.4 is 4.74 Å². The summed E-state index contributed by atoms with van der Waals surface area (Å²) < 4.78 is 7.08. The summed E-state index contributed by atoms with van der Waals surface area (Å²) in [5, 5.41) is 9.47. The number of halogens is 1. The van der Waals surface area contributed by atoms with Crippen LogP contribution in [0.2, 0.25) is 5.02 Å². The first-order valence-corrected chi connectivity index (χ1v) is 10.7. The molecule has 150 valence electrons. The third kappa shape index (κ3) is 4.41. The summed E-state index contributed by atoms with van der Waals surface area (Å²) in [6.45, 7) is 0.775. The SMILES string of the molecule is COc1ccc([C@H]2CCCN2C(=O)CSc2nncn2-c2cccc(Cl)c2)cc1. The van der Waals surface area contributed by atoms with Gasteiger partial charge in [0.2, 0.25) is 5.91 Å². The van der Waals surface area contributed by atoms with Gasteiger partial charge in [0.25, 0.3) is 0 Å². The molecule has 1 fully saturated rings. The number of ether oxygens (including phenoxy) is 1. The molecule has 6 nitrogen and oxygen atoms in total. The summed E-state index contributed by atoms with van der Waals surface area (Å²) in [6.07, 6.45) is 3.61. The fourth-order valence-electron chi connectivity index (χ4n) is 3.57. The highest BCUT2D eigenvalue weighted by atomic mass is 35.5. The van der Waals surface area contributed by atoms with E-state index in [0.29, 0.717) is 15.9 Å². The van der Waals surface area contributed by atoms with Crippen molar-refractivity contribution in [2.75, 3.05) is 19.4 Å². The molecule has 1 aliphatic rings. The molecule has 29 heavy (non-hydrogen) atoms. The van der Waals surface area contributed by atoms with E-state index in [4.69, 9.17) is 16.3 Å². The number of amides is 1. The minimum atomic E-state index is 0.106. The molecule has 1 aliphatic heterocycles. The van der Waals surface area contributed by atoms with E-state index in [2.05, 4.69) is 10.2 Å². The molecule has 0 bridgehead atoms. The third-order valence-electron chi connectivity index (χ3n) is 5.00. The first-order valence-electron chi connectivity index (χ1n) is 9.38. The number of carbonyl (C=O) groups is 1. The number of aromatic nitrogens is 3. The molecule has 2 aromatic carbocycles. The number of benzene rings is 2. The van der Waals surface area contributed by atoms with E-state index in [1.807, 2.05) is 58.0 Å². The molecule has 0 spiro atoms. The van der Waals surface area contributed by atoms with E-state index in [1.54, 1.807) is 13.4 Å². The average molecular weight is 429 g/mol. The highest BCUT2D eigenvalue weighted by Crippen LogP contribution is 2.33. The maximum Gasteiger partial charge on any atom is 0.233 e. The second-order valence-corrected chi connectivity index (χ2v) is 8.15. The van der Waals surface area contributed by atoms with E-state index in [0.717, 1.165) is 36.4 Å². The van der Waals surface area contributed by atoms with Crippen molar-refractivity contribution in [3.63, 3.8) is 0 Å². The lowest BCUT2D eigenvalue weighted by molar-refractivity contribution is -0.129. The summed E-state index contributed by atoms with van der Waals surface area (Å²) in [7, 11) is 1.65. The minimum absolute atomic E-state index is 0.106. The van der Waals surface area contributed by atoms with Gasteiger partial charge >= 0.3 is 0 Å². The summed E-state index contributed by atoms with van der Waals surface area (Å²) >= 11 is 7.48. The van der Waals surface area contributed by atoms with Gasteiger partial charge in [0.05, 0.1) is 24.6 Å². The van der Waals surface area contributed by atoms with Crippen molar-refractivity contribution in [2.45, 2.75) is 24.0 Å². The summed E-state index contributed by atoms with van der Waals surface area (Å²) in [5.41, 5.74) is 2.01. The molecule has 0 N–H and O–H groups in total. The first-order chi connectivity index (χ1) is 14.2. The topological polar surface area (TPSA) is 60.2 Å². The lowest BCUT2D eigenvalue weighted by Crippen LogP contribution is -2.32. The fourth-order valence-corrected chi connectivity index (χ4v) is 4.57. The molecular weight excluding hydrogens is 408 g/mol. The van der Waals surface area contributed by atoms with E-state index in [9.17, 15) is 4.79 Å². The average Bonchev–Trinajstić information content (AvgIpc) is 3.42. The minimum Gasteiger partial charge on any atom is -0.497 e. The van der Waals surface area contributed by atoms with Crippen molar-refractivity contribution in [3.8, 4) is 11.4 Å². The second kappa shape index (κ2) is 8.88. The zero-order chi connectivity index (χ0) is 20.2. The molecule has 0 aliphatic carbocycles. The maximum atomic E-state index is 13.0. The fraction of sp³-hybridized carbons (Fsp3) is 0.286. The first kappa shape index (κ1) is 19.8. The van der Waals surface area contributed by atoms with E-state index < -0.39 is 0 Å². The van der Waals surface area contributed by atoms with Crippen LogP contribution >= 0.6 is 23.4 Å². The molecule has 1 atom stereocenters. The number of carbonyl (C=O) groups excluding carboxylic acids is 1. The van der Waals surface area contributed by atoms with Crippen molar-refractivity contribution >= 4 is 29.3 Å². The maximum absolute atomic E-state index is 13.0. The van der Waals surface area contributed by atoms with Crippen LogP contribution in [0.3, 0.4) is 0 Å². The lowest BCUT2D eigenvalue weighted by Gasteiger charge is -2.25. The molecule has 8 heteroatoms. The normalized spacial score (nSPS) is 16.2. The number of nitrogens with zero attached hydrogens (tertiary/aromatic N) is 4. The monoisotopic (exact) mass is 428 g/mol. The van der Waals surface area contributed by atoms with Gasteiger partial charge < -0.3 is 9.64 Å². The van der Waals surface area contributed by atoms with Crippen LogP contribution in [0.25, 0.3) is 5.69 Å². The van der Waals surface area contributed by atoms with Crippen LogP contribution in [0.15, 0.2) is 60.0 Å². The number of hydrogen-bond donors (Lipinski definition) is 0. The Balaban J connectivity index is 1.44. The highest BCUT2D eigenvalue weighted by Gasteiger charge is 2.30. The lowest BCUT2D eigenvalue weighted by atomic mass is 10.0. The van der Waals surface area contributed by atoms with Crippen LogP contribution in [-0.4, -0.2) is 45.0 Å². The Bertz CT molecular complexity index is 992. The van der Waals surface area contributed by atoms with Crippen molar-refractivity contribution in [1.82, 2.24) is 19.7 Å². The largest absolute Gasteiger partial charge is 0.497 e. The van der Waals surface area contributed by atoms with E-state index in [-0.39, 0.29) is 11.9 Å². The van der Waals surface area contributed by atoms with Crippen LogP contribution in [0.4, 0.5) is 0 Å². The zero-order valence-electron chi connectivity index (χ0n) is 16.0. The van der Waals surface area contributed by atoms with Gasteiger partial charge in [-0.25, -0.2) is 0 Å². The van der Waals surface area contributed by atoms with Crippen molar-refractivity contribution in [2.24, 2.45) is 0 Å². The molecule has 0 unspecified atom stereocenters. The Morgan fingerprint density at radius 1 is 1.28 bits per heavy atom. The predicted octanol–water partition coefficient (Wildman–Crippen LogP) is 4.39. The van der Waals surface area contributed by atoms with Gasteiger partial charge in [-0.05, 0) is 48.7 Å². The Kier molecular flexibility index (Phi) is 6.06. The third-order valence-corrected chi connectivity index (χ3v) is 6.16. The van der Waals surface area contributed by atoms with Gasteiger partial charge in [0, 0.05) is 11.6 Å². The van der Waals surface area contributed by atoms with Crippen LogP contribution in [0.1, 0.15) is 24.4 Å². The number of hydrogen-bond acceptors (Lipinski definition) is 5. The van der Waals surface area contributed by atoms with Crippen LogP contribution in [-0.2, 0) is 4.79 Å². The van der Waals surface area contributed by atoms with Crippen LogP contribution in [0, 0.1) is 0 Å². The molecular formula is C21H21ClN4O2S. The molecule has 0 radical (unpaired) electrons. The molecule has 1 saturated heterocycles. The van der Waals surface area contributed by atoms with Gasteiger partial charge in [-0.15, -0.1) is 10.2 Å². The van der Waals surface area contributed by atoms with Gasteiger partial charge in [-0.3, -0.25) is 9.36 Å². The highest BCUT2D eigenvalue weighted by molar-refractivity contribution is 7.99. The summed E-state index contributed by atoms with van der Waals surface area (Å²) in [5.74, 6) is 1.24. The zero-order valence-corrected chi connectivity index (χ0v) is 17.6. The van der Waals surface area contributed by atoms with Gasteiger partial charge in [-0.1, -0.05) is 41.6 Å². The summed E-state index contributed by atoms with van der Waals surface area (Å²) in [6, 6.07) is 15.5. The van der Waals surface area contributed by atoms with Gasteiger partial charge in [-0.2, -0.15) is 0 Å². The number of methoxy groups -OCH3 is 1. The van der Waals surface area contributed by atoms with Crippen LogP contribution in [0.5, 0.6) is 5.75 Å². The Morgan fingerprint density at radius 2 is 2.10 bits per heavy atom. The number of rotatable bonds is 6. The van der Waals surface area contributed by atoms with Crippen molar-refractivity contribution < 1.29 is 9.53 Å². The standard InChI is InChI=1S/C21H21ClN4O2S/c1-28-18-9-7-15(8-10-18)19-6-3-11-25(19)20(27)13-29-21-24-23-14-26(21)17-5-2-4-16(22)12-17/h2,4-5,7-10,12,14,19H,3,6,11,13H2,1H3/t19-/m1/s1. The number of likely N-dealkylation sites (tertiary alicyclic amines) is 1. The smallest absolute Gasteiger partial charge is 0.233 e. The van der Waals surface area contributed by atoms with Crippen molar-refractivity contribution in [3.05, 3.63) is 65.4 Å². The molecule has 2 heterocycles. The quantitative estimate of drug-likeness (QED) is 0.545. The van der Waals surface area contributed by atoms with E-state index >= 15 is 0 Å². The predicted molar refractivity (Wildman–Crippen MR) is 114 cm³/mol. The van der Waals surface area contributed by atoms with Crippen molar-refractivity contribution in [1.29, 1.82) is 0 Å². The molecule has 3 aromatic rings. The molecule has 0 saturated carbocycles. The van der Waals surface area contributed by atoms with Gasteiger partial charge in [0.1, 0.15) is 12.1 Å². The molecule has 1 amide bonds. The second-order valence-electron chi connectivity index (χ2n) is 6.77. The Labute approximate surface area is 178 Å². The van der Waals surface area contributed by atoms with Gasteiger partial charge in [0.15, 0.2) is 5.16 Å². The Morgan fingerprint density at radius 3 is 2.86 bits per heavy atom. The molecule has 1 aromatic heterocycles.